The van der Waals surface area contributed by atoms with E-state index in [2.05, 4.69) is 85.3 Å². The molecule has 0 radical (unpaired) electrons. The van der Waals surface area contributed by atoms with Gasteiger partial charge in [0.25, 0.3) is 0 Å². The summed E-state index contributed by atoms with van der Waals surface area (Å²) in [5, 5.41) is 0. The number of benzene rings is 2. The van der Waals surface area contributed by atoms with Crippen LogP contribution < -0.4 is 4.90 Å². The molecule has 2 nitrogen and oxygen atoms in total. The number of anilines is 1. The van der Waals surface area contributed by atoms with E-state index in [1.54, 1.807) is 0 Å². The molecule has 1 heterocycles. The highest BCUT2D eigenvalue weighted by Gasteiger charge is 2.12. The largest absolute Gasteiger partial charge is 0.348 e. The Kier molecular flexibility index (Phi) is 4.95. The van der Waals surface area contributed by atoms with E-state index in [9.17, 15) is 0 Å². The van der Waals surface area contributed by atoms with Crippen molar-refractivity contribution >= 4 is 5.82 Å². The lowest BCUT2D eigenvalue weighted by Gasteiger charge is -2.26. The fourth-order valence-corrected chi connectivity index (χ4v) is 3.20. The van der Waals surface area contributed by atoms with Crippen molar-refractivity contribution in [3.63, 3.8) is 0 Å². The van der Waals surface area contributed by atoms with Gasteiger partial charge in [0, 0.05) is 19.3 Å². The second-order valence-corrected chi connectivity index (χ2v) is 6.48. The van der Waals surface area contributed by atoms with Gasteiger partial charge in [-0.2, -0.15) is 0 Å². The SMILES string of the molecule is Cc1cc(C)cc(CN(Cc2ccccc2)c2ncccc2C)c1. The summed E-state index contributed by atoms with van der Waals surface area (Å²) in [6, 6.07) is 21.5. The van der Waals surface area contributed by atoms with Crippen molar-refractivity contribution < 1.29 is 0 Å². The molecule has 0 fully saturated rings. The third kappa shape index (κ3) is 4.02. The molecule has 0 N–H and O–H groups in total. The molecule has 0 spiro atoms. The molecule has 24 heavy (non-hydrogen) atoms. The van der Waals surface area contributed by atoms with Gasteiger partial charge in [-0.25, -0.2) is 4.98 Å². The molecule has 0 aliphatic heterocycles. The Morgan fingerprint density at radius 3 is 2.08 bits per heavy atom. The van der Waals surface area contributed by atoms with Crippen LogP contribution >= 0.6 is 0 Å². The van der Waals surface area contributed by atoms with Gasteiger partial charge in [0.1, 0.15) is 5.82 Å². The van der Waals surface area contributed by atoms with Crippen molar-refractivity contribution in [2.24, 2.45) is 0 Å². The van der Waals surface area contributed by atoms with Crippen molar-refractivity contribution in [2.45, 2.75) is 33.9 Å². The van der Waals surface area contributed by atoms with Gasteiger partial charge < -0.3 is 4.90 Å². The molecule has 0 aliphatic carbocycles. The van der Waals surface area contributed by atoms with Crippen LogP contribution in [0.25, 0.3) is 0 Å². The number of aryl methyl sites for hydroxylation is 3. The molecule has 1 aromatic heterocycles. The zero-order valence-corrected chi connectivity index (χ0v) is 14.7. The van der Waals surface area contributed by atoms with Crippen LogP contribution in [-0.4, -0.2) is 4.98 Å². The highest BCUT2D eigenvalue weighted by molar-refractivity contribution is 5.47. The van der Waals surface area contributed by atoms with Crippen molar-refractivity contribution in [2.75, 3.05) is 4.90 Å². The zero-order chi connectivity index (χ0) is 16.9. The maximum absolute atomic E-state index is 4.64. The molecule has 3 aromatic rings. The fraction of sp³-hybridized carbons (Fsp3) is 0.227. The van der Waals surface area contributed by atoms with Gasteiger partial charge in [0.2, 0.25) is 0 Å². The Hall–Kier alpha value is -2.61. The summed E-state index contributed by atoms with van der Waals surface area (Å²) in [7, 11) is 0. The second-order valence-electron chi connectivity index (χ2n) is 6.48. The van der Waals surface area contributed by atoms with E-state index in [1.165, 1.54) is 27.8 Å². The molecular formula is C22H24N2. The molecule has 2 aromatic carbocycles. The van der Waals surface area contributed by atoms with Crippen LogP contribution in [0, 0.1) is 20.8 Å². The molecule has 0 saturated carbocycles. The quantitative estimate of drug-likeness (QED) is 0.642. The minimum atomic E-state index is 0.853. The maximum Gasteiger partial charge on any atom is 0.132 e. The summed E-state index contributed by atoms with van der Waals surface area (Å²) < 4.78 is 0. The lowest BCUT2D eigenvalue weighted by Crippen LogP contribution is -2.24. The van der Waals surface area contributed by atoms with Gasteiger partial charge in [-0.05, 0) is 43.5 Å². The van der Waals surface area contributed by atoms with E-state index in [0.717, 1.165) is 18.9 Å². The second kappa shape index (κ2) is 7.31. The third-order valence-electron chi connectivity index (χ3n) is 4.15. The molecule has 2 heteroatoms. The van der Waals surface area contributed by atoms with Crippen molar-refractivity contribution in [3.05, 3.63) is 94.7 Å². The predicted molar refractivity (Wildman–Crippen MR) is 101 cm³/mol. The summed E-state index contributed by atoms with van der Waals surface area (Å²) in [6.07, 6.45) is 1.88. The minimum absolute atomic E-state index is 0.853. The van der Waals surface area contributed by atoms with E-state index in [-0.39, 0.29) is 0 Å². The molecular weight excluding hydrogens is 292 g/mol. The van der Waals surface area contributed by atoms with Crippen LogP contribution in [0.15, 0.2) is 66.9 Å². The zero-order valence-electron chi connectivity index (χ0n) is 14.7. The standard InChI is InChI=1S/C22H24N2/c1-17-12-18(2)14-21(13-17)16-24(15-20-9-5-4-6-10-20)22-19(3)8-7-11-23-22/h4-14H,15-16H2,1-3H3. The van der Waals surface area contributed by atoms with E-state index < -0.39 is 0 Å². The van der Waals surface area contributed by atoms with Gasteiger partial charge in [-0.3, -0.25) is 0 Å². The van der Waals surface area contributed by atoms with E-state index in [1.807, 2.05) is 12.3 Å². The van der Waals surface area contributed by atoms with E-state index >= 15 is 0 Å². The first-order valence-electron chi connectivity index (χ1n) is 8.39. The van der Waals surface area contributed by atoms with Gasteiger partial charge in [-0.15, -0.1) is 0 Å². The van der Waals surface area contributed by atoms with Gasteiger partial charge in [0.05, 0.1) is 0 Å². The normalized spacial score (nSPS) is 10.6. The van der Waals surface area contributed by atoms with E-state index in [0.29, 0.717) is 0 Å². The predicted octanol–water partition coefficient (Wildman–Crippen LogP) is 5.21. The molecule has 0 saturated heterocycles. The van der Waals surface area contributed by atoms with Crippen LogP contribution in [0.5, 0.6) is 0 Å². The maximum atomic E-state index is 4.64. The van der Waals surface area contributed by atoms with Crippen molar-refractivity contribution in [1.82, 2.24) is 4.98 Å². The summed E-state index contributed by atoms with van der Waals surface area (Å²) in [5.41, 5.74) is 6.45. The van der Waals surface area contributed by atoms with Crippen molar-refractivity contribution in [3.8, 4) is 0 Å². The molecule has 0 unspecified atom stereocenters. The Balaban J connectivity index is 1.94. The monoisotopic (exact) mass is 316 g/mol. The van der Waals surface area contributed by atoms with Gasteiger partial charge >= 0.3 is 0 Å². The lowest BCUT2D eigenvalue weighted by molar-refractivity contribution is 0.778. The number of hydrogen-bond acceptors (Lipinski definition) is 2. The average molecular weight is 316 g/mol. The summed E-state index contributed by atoms with van der Waals surface area (Å²) in [4.78, 5) is 7.00. The summed E-state index contributed by atoms with van der Waals surface area (Å²) in [6.45, 7) is 8.15. The fourth-order valence-electron chi connectivity index (χ4n) is 3.20. The molecule has 0 atom stereocenters. The number of nitrogens with zero attached hydrogens (tertiary/aromatic N) is 2. The molecule has 3 rings (SSSR count). The summed E-state index contributed by atoms with van der Waals surface area (Å²) >= 11 is 0. The first kappa shape index (κ1) is 16.3. The van der Waals surface area contributed by atoms with Crippen LogP contribution in [-0.2, 0) is 13.1 Å². The number of aromatic nitrogens is 1. The Bertz CT molecular complexity index is 789. The van der Waals surface area contributed by atoms with Gasteiger partial charge in [0.15, 0.2) is 0 Å². The highest BCUT2D eigenvalue weighted by Crippen LogP contribution is 2.22. The first-order valence-corrected chi connectivity index (χ1v) is 8.39. The lowest BCUT2D eigenvalue weighted by atomic mass is 10.1. The molecule has 0 amide bonds. The summed E-state index contributed by atoms with van der Waals surface area (Å²) in [5.74, 6) is 1.06. The van der Waals surface area contributed by atoms with Crippen LogP contribution in [0.2, 0.25) is 0 Å². The van der Waals surface area contributed by atoms with Gasteiger partial charge in [-0.1, -0.05) is 65.7 Å². The van der Waals surface area contributed by atoms with Crippen LogP contribution in [0.1, 0.15) is 27.8 Å². The number of hydrogen-bond donors (Lipinski definition) is 0. The minimum Gasteiger partial charge on any atom is -0.348 e. The Labute approximate surface area is 144 Å². The number of pyridine rings is 1. The van der Waals surface area contributed by atoms with Crippen molar-refractivity contribution in [1.29, 1.82) is 0 Å². The molecule has 0 bridgehead atoms. The first-order chi connectivity index (χ1) is 11.6. The van der Waals surface area contributed by atoms with Crippen LogP contribution in [0.3, 0.4) is 0 Å². The third-order valence-corrected chi connectivity index (χ3v) is 4.15. The van der Waals surface area contributed by atoms with E-state index in [4.69, 9.17) is 0 Å². The molecule has 0 aliphatic rings. The smallest absolute Gasteiger partial charge is 0.132 e. The topological polar surface area (TPSA) is 16.1 Å². The highest BCUT2D eigenvalue weighted by atomic mass is 15.2. The van der Waals surface area contributed by atoms with Crippen LogP contribution in [0.4, 0.5) is 5.82 Å². The molecule has 122 valence electrons. The Morgan fingerprint density at radius 2 is 1.42 bits per heavy atom. The number of rotatable bonds is 5. The Morgan fingerprint density at radius 1 is 0.750 bits per heavy atom. The average Bonchev–Trinajstić information content (AvgIpc) is 2.55.